The minimum Gasteiger partial charge on any atom is -0.337 e. The Labute approximate surface area is 124 Å². The largest absolute Gasteiger partial charge is 0.337 e. The van der Waals surface area contributed by atoms with E-state index in [0.29, 0.717) is 24.3 Å². The molecule has 1 fully saturated rings. The first kappa shape index (κ1) is 15.2. The Balaban J connectivity index is 2.00. The van der Waals surface area contributed by atoms with Crippen molar-refractivity contribution in [3.63, 3.8) is 0 Å². The van der Waals surface area contributed by atoms with Gasteiger partial charge in [0.1, 0.15) is 0 Å². The Morgan fingerprint density at radius 3 is 2.90 bits per heavy atom. The normalized spacial score (nSPS) is 17.7. The van der Waals surface area contributed by atoms with Crippen LogP contribution in [0.4, 0.5) is 4.79 Å². The zero-order valence-electron chi connectivity index (χ0n) is 12.4. The van der Waals surface area contributed by atoms with E-state index in [1.807, 2.05) is 0 Å². The molecular weight excluding hydrogens is 270 g/mol. The van der Waals surface area contributed by atoms with Crippen molar-refractivity contribution in [3.05, 3.63) is 29.6 Å². The lowest BCUT2D eigenvalue weighted by atomic mass is 10.2. The second-order valence-electron chi connectivity index (χ2n) is 5.39. The van der Waals surface area contributed by atoms with Crippen molar-refractivity contribution >= 4 is 11.9 Å². The van der Waals surface area contributed by atoms with Crippen molar-refractivity contribution in [1.29, 1.82) is 0 Å². The summed E-state index contributed by atoms with van der Waals surface area (Å²) >= 11 is 0. The van der Waals surface area contributed by atoms with Gasteiger partial charge in [0.2, 0.25) is 0 Å². The molecule has 1 unspecified atom stereocenters. The van der Waals surface area contributed by atoms with Crippen LogP contribution in [0, 0.1) is 0 Å². The number of rotatable bonds is 3. The molecule has 3 N–H and O–H groups in total. The Bertz CT molecular complexity index is 532. The second kappa shape index (κ2) is 6.53. The Kier molecular flexibility index (Phi) is 4.74. The van der Waals surface area contributed by atoms with Gasteiger partial charge in [0, 0.05) is 45.0 Å². The topological polar surface area (TPSA) is 91.6 Å². The monoisotopic (exact) mass is 291 g/mol. The van der Waals surface area contributed by atoms with Crippen molar-refractivity contribution in [3.8, 4) is 0 Å². The molecule has 1 atom stereocenters. The predicted molar refractivity (Wildman–Crippen MR) is 78.7 cm³/mol. The first-order valence-corrected chi connectivity index (χ1v) is 6.92. The highest BCUT2D eigenvalue weighted by atomic mass is 16.2. The highest BCUT2D eigenvalue weighted by Gasteiger charge is 2.24. The number of amides is 3. The zero-order chi connectivity index (χ0) is 15.4. The van der Waals surface area contributed by atoms with Gasteiger partial charge in [-0.15, -0.1) is 0 Å². The minimum atomic E-state index is -0.195. The molecule has 1 aromatic heterocycles. The molecule has 114 valence electrons. The van der Waals surface area contributed by atoms with Gasteiger partial charge in [-0.2, -0.15) is 0 Å². The van der Waals surface area contributed by atoms with E-state index in [-0.39, 0.29) is 24.5 Å². The number of urea groups is 1. The smallest absolute Gasteiger partial charge is 0.317 e. The molecule has 7 heteroatoms. The van der Waals surface area contributed by atoms with Crippen LogP contribution in [0.5, 0.6) is 0 Å². The number of carbonyl (C=O) groups excluding carboxylic acids is 2. The molecule has 1 aromatic rings. The fraction of sp³-hybridized carbons (Fsp3) is 0.500. The first-order valence-electron chi connectivity index (χ1n) is 6.92. The summed E-state index contributed by atoms with van der Waals surface area (Å²) in [5.41, 5.74) is 7.05. The van der Waals surface area contributed by atoms with E-state index in [4.69, 9.17) is 5.73 Å². The van der Waals surface area contributed by atoms with E-state index >= 15 is 0 Å². The number of hydrogen-bond donors (Lipinski definition) is 2. The molecule has 1 saturated heterocycles. The lowest BCUT2D eigenvalue weighted by Crippen LogP contribution is -2.34. The number of pyridine rings is 1. The maximum Gasteiger partial charge on any atom is 0.317 e. The summed E-state index contributed by atoms with van der Waals surface area (Å²) in [6.45, 7) is 1.57. The first-order chi connectivity index (χ1) is 9.97. The molecule has 0 spiro atoms. The van der Waals surface area contributed by atoms with E-state index in [2.05, 4.69) is 10.3 Å². The molecule has 3 amide bonds. The fourth-order valence-corrected chi connectivity index (χ4v) is 2.19. The molecule has 0 aromatic carbocycles. The van der Waals surface area contributed by atoms with Crippen LogP contribution < -0.4 is 11.1 Å². The summed E-state index contributed by atoms with van der Waals surface area (Å²) < 4.78 is 0. The van der Waals surface area contributed by atoms with Crippen molar-refractivity contribution < 1.29 is 9.59 Å². The highest BCUT2D eigenvalue weighted by Crippen LogP contribution is 2.12. The van der Waals surface area contributed by atoms with Crippen LogP contribution in [-0.4, -0.2) is 59.9 Å². The molecule has 2 heterocycles. The van der Waals surface area contributed by atoms with Crippen LogP contribution in [0.2, 0.25) is 0 Å². The number of likely N-dealkylation sites (tertiary alicyclic amines) is 1. The number of nitrogens with two attached hydrogens (primary N) is 1. The number of aromatic nitrogens is 1. The van der Waals surface area contributed by atoms with Crippen molar-refractivity contribution in [2.45, 2.75) is 19.0 Å². The van der Waals surface area contributed by atoms with Crippen LogP contribution in [0.1, 0.15) is 22.5 Å². The Morgan fingerprint density at radius 1 is 1.52 bits per heavy atom. The van der Waals surface area contributed by atoms with Gasteiger partial charge >= 0.3 is 6.03 Å². The third-order valence-corrected chi connectivity index (χ3v) is 3.40. The van der Waals surface area contributed by atoms with Gasteiger partial charge in [-0.3, -0.25) is 9.78 Å². The van der Waals surface area contributed by atoms with E-state index < -0.39 is 0 Å². The summed E-state index contributed by atoms with van der Waals surface area (Å²) in [6.07, 6.45) is 2.42. The summed E-state index contributed by atoms with van der Waals surface area (Å²) in [5, 5.41) is 2.72. The van der Waals surface area contributed by atoms with Crippen LogP contribution in [0.15, 0.2) is 18.3 Å². The Hall–Kier alpha value is -2.15. The van der Waals surface area contributed by atoms with Crippen LogP contribution in [0.25, 0.3) is 0 Å². The average Bonchev–Trinajstić information content (AvgIpc) is 2.90. The highest BCUT2D eigenvalue weighted by molar-refractivity contribution is 5.94. The standard InChI is InChI=1S/C14H21N5O2/c1-18(2)14(21)17-8-12-7-10(3-5-16-12)13(20)19-6-4-11(15)9-19/h3,5,7,11H,4,6,8-9,15H2,1-2H3,(H,17,21). The van der Waals surface area contributed by atoms with Gasteiger partial charge in [0.25, 0.3) is 5.91 Å². The lowest BCUT2D eigenvalue weighted by molar-refractivity contribution is 0.0790. The number of nitrogens with one attached hydrogen (secondary N) is 1. The predicted octanol–water partition coefficient (Wildman–Crippen LogP) is 0.0260. The van der Waals surface area contributed by atoms with Gasteiger partial charge in [0.15, 0.2) is 0 Å². The Morgan fingerprint density at radius 2 is 2.29 bits per heavy atom. The molecule has 21 heavy (non-hydrogen) atoms. The summed E-state index contributed by atoms with van der Waals surface area (Å²) in [7, 11) is 3.33. The van der Waals surface area contributed by atoms with Crippen molar-refractivity contribution in [2.24, 2.45) is 5.73 Å². The number of nitrogens with zero attached hydrogens (tertiary/aromatic N) is 3. The molecule has 0 saturated carbocycles. The van der Waals surface area contributed by atoms with Crippen LogP contribution >= 0.6 is 0 Å². The third kappa shape index (κ3) is 3.91. The van der Waals surface area contributed by atoms with E-state index in [1.165, 1.54) is 4.90 Å². The molecular formula is C14H21N5O2. The minimum absolute atomic E-state index is 0.0365. The average molecular weight is 291 g/mol. The summed E-state index contributed by atoms with van der Waals surface area (Å²) in [4.78, 5) is 31.2. The lowest BCUT2D eigenvalue weighted by Gasteiger charge is -2.16. The fourth-order valence-electron chi connectivity index (χ4n) is 2.19. The van der Waals surface area contributed by atoms with Gasteiger partial charge in [-0.25, -0.2) is 4.79 Å². The molecule has 2 rings (SSSR count). The quantitative estimate of drug-likeness (QED) is 0.821. The number of carbonyl (C=O) groups is 2. The maximum atomic E-state index is 12.3. The van der Waals surface area contributed by atoms with Crippen LogP contribution in [-0.2, 0) is 6.54 Å². The van der Waals surface area contributed by atoms with E-state index in [9.17, 15) is 9.59 Å². The van der Waals surface area contributed by atoms with Crippen molar-refractivity contribution in [1.82, 2.24) is 20.1 Å². The second-order valence-corrected chi connectivity index (χ2v) is 5.39. The summed E-state index contributed by atoms with van der Waals surface area (Å²) in [6, 6.07) is 3.26. The maximum absolute atomic E-state index is 12.3. The molecule has 0 aliphatic carbocycles. The van der Waals surface area contributed by atoms with E-state index in [1.54, 1.807) is 37.3 Å². The van der Waals surface area contributed by atoms with Gasteiger partial charge in [-0.05, 0) is 18.6 Å². The molecule has 7 nitrogen and oxygen atoms in total. The van der Waals surface area contributed by atoms with Gasteiger partial charge < -0.3 is 20.9 Å². The SMILES string of the molecule is CN(C)C(=O)NCc1cc(C(=O)N2CCC(N)C2)ccn1. The van der Waals surface area contributed by atoms with E-state index in [0.717, 1.165) is 6.42 Å². The molecule has 0 radical (unpaired) electrons. The van der Waals surface area contributed by atoms with Gasteiger partial charge in [0.05, 0.1) is 12.2 Å². The molecule has 0 bridgehead atoms. The van der Waals surface area contributed by atoms with Crippen LogP contribution in [0.3, 0.4) is 0 Å². The third-order valence-electron chi connectivity index (χ3n) is 3.40. The van der Waals surface area contributed by atoms with Crippen molar-refractivity contribution in [2.75, 3.05) is 27.2 Å². The summed E-state index contributed by atoms with van der Waals surface area (Å²) in [5.74, 6) is -0.0365. The number of hydrogen-bond acceptors (Lipinski definition) is 4. The molecule has 1 aliphatic rings. The zero-order valence-corrected chi connectivity index (χ0v) is 12.4. The molecule has 1 aliphatic heterocycles. The van der Waals surface area contributed by atoms with Gasteiger partial charge in [-0.1, -0.05) is 0 Å².